The minimum Gasteiger partial charge on any atom is -0.396 e. The van der Waals surface area contributed by atoms with Crippen LogP contribution >= 0.6 is 27.3 Å². The number of hydrogen-bond acceptors (Lipinski definition) is 3. The third kappa shape index (κ3) is 3.06. The topological polar surface area (TPSA) is 32.3 Å². The fourth-order valence-corrected chi connectivity index (χ4v) is 3.81. The van der Waals surface area contributed by atoms with Crippen molar-refractivity contribution < 1.29 is 5.11 Å². The summed E-state index contributed by atoms with van der Waals surface area (Å²) in [7, 11) is 0. The van der Waals surface area contributed by atoms with Crippen LogP contribution in [0, 0.1) is 5.92 Å². The summed E-state index contributed by atoms with van der Waals surface area (Å²) < 4.78 is 1.20. The van der Waals surface area contributed by atoms with Crippen molar-refractivity contribution in [3.63, 3.8) is 0 Å². The molecule has 2 rings (SSSR count). The highest BCUT2D eigenvalue weighted by Gasteiger charge is 2.23. The summed E-state index contributed by atoms with van der Waals surface area (Å²) >= 11 is 5.32. The molecule has 0 bridgehead atoms. The number of thiophene rings is 1. The number of aliphatic hydroxyl groups excluding tert-OH is 1. The molecule has 0 spiro atoms. The SMILES string of the molecule is OCC1CCCCC1NCc1sccc1Br. The van der Waals surface area contributed by atoms with Crippen LogP contribution in [-0.4, -0.2) is 17.8 Å². The molecule has 1 saturated carbocycles. The molecule has 1 fully saturated rings. The van der Waals surface area contributed by atoms with Crippen LogP contribution in [0.2, 0.25) is 0 Å². The average Bonchev–Trinajstić information content (AvgIpc) is 2.72. The predicted molar refractivity (Wildman–Crippen MR) is 71.7 cm³/mol. The highest BCUT2D eigenvalue weighted by Crippen LogP contribution is 2.26. The summed E-state index contributed by atoms with van der Waals surface area (Å²) in [5.41, 5.74) is 0. The molecule has 4 heteroatoms. The minimum atomic E-state index is 0.323. The van der Waals surface area contributed by atoms with Crippen molar-refractivity contribution >= 4 is 27.3 Å². The molecule has 2 N–H and O–H groups in total. The summed E-state index contributed by atoms with van der Waals surface area (Å²) in [5, 5.41) is 15.0. The quantitative estimate of drug-likeness (QED) is 0.895. The van der Waals surface area contributed by atoms with Crippen molar-refractivity contribution in [2.45, 2.75) is 38.3 Å². The number of hydrogen-bond donors (Lipinski definition) is 2. The molecule has 0 amide bonds. The molecule has 2 nitrogen and oxygen atoms in total. The zero-order chi connectivity index (χ0) is 11.4. The van der Waals surface area contributed by atoms with Gasteiger partial charge in [-0.2, -0.15) is 0 Å². The van der Waals surface area contributed by atoms with E-state index in [-0.39, 0.29) is 0 Å². The highest BCUT2D eigenvalue weighted by atomic mass is 79.9. The summed E-state index contributed by atoms with van der Waals surface area (Å²) in [6, 6.07) is 2.58. The van der Waals surface area contributed by atoms with Gasteiger partial charge in [-0.25, -0.2) is 0 Å². The van der Waals surface area contributed by atoms with Gasteiger partial charge in [-0.15, -0.1) is 11.3 Å². The molecular weight excluding hydrogens is 286 g/mol. The third-order valence-electron chi connectivity index (χ3n) is 3.36. The van der Waals surface area contributed by atoms with Gasteiger partial charge in [0.15, 0.2) is 0 Å². The van der Waals surface area contributed by atoms with E-state index in [4.69, 9.17) is 0 Å². The maximum atomic E-state index is 9.33. The lowest BCUT2D eigenvalue weighted by atomic mass is 9.85. The molecule has 1 aliphatic carbocycles. The van der Waals surface area contributed by atoms with E-state index in [9.17, 15) is 5.11 Å². The van der Waals surface area contributed by atoms with Gasteiger partial charge in [-0.1, -0.05) is 12.8 Å². The molecule has 1 heterocycles. The molecule has 1 aliphatic rings. The molecule has 1 aromatic heterocycles. The Labute approximate surface area is 109 Å². The van der Waals surface area contributed by atoms with E-state index in [1.165, 1.54) is 35.0 Å². The number of aliphatic hydroxyl groups is 1. The Morgan fingerprint density at radius 1 is 1.44 bits per heavy atom. The van der Waals surface area contributed by atoms with Crippen LogP contribution in [0.25, 0.3) is 0 Å². The summed E-state index contributed by atoms with van der Waals surface area (Å²) in [6.45, 7) is 1.24. The Kier molecular flexibility index (Phi) is 4.82. The first-order valence-corrected chi connectivity index (χ1v) is 7.54. The van der Waals surface area contributed by atoms with Crippen LogP contribution in [-0.2, 0) is 6.54 Å². The molecule has 90 valence electrons. The zero-order valence-electron chi connectivity index (χ0n) is 9.29. The van der Waals surface area contributed by atoms with Crippen molar-refractivity contribution in [3.8, 4) is 0 Å². The second kappa shape index (κ2) is 6.15. The number of nitrogens with one attached hydrogen (secondary N) is 1. The first kappa shape index (κ1) is 12.6. The lowest BCUT2D eigenvalue weighted by Crippen LogP contribution is -2.39. The fourth-order valence-electron chi connectivity index (χ4n) is 2.37. The largest absolute Gasteiger partial charge is 0.396 e. The van der Waals surface area contributed by atoms with Crippen molar-refractivity contribution in [1.82, 2.24) is 5.32 Å². The van der Waals surface area contributed by atoms with Crippen LogP contribution in [0.15, 0.2) is 15.9 Å². The molecule has 0 radical (unpaired) electrons. The molecule has 1 aromatic rings. The van der Waals surface area contributed by atoms with Crippen LogP contribution < -0.4 is 5.32 Å². The molecule has 2 atom stereocenters. The summed E-state index contributed by atoms with van der Waals surface area (Å²) in [5.74, 6) is 0.451. The van der Waals surface area contributed by atoms with Crippen molar-refractivity contribution in [2.75, 3.05) is 6.61 Å². The molecular formula is C12H18BrNOS. The Morgan fingerprint density at radius 3 is 2.94 bits per heavy atom. The maximum absolute atomic E-state index is 9.33. The van der Waals surface area contributed by atoms with Gasteiger partial charge in [0.25, 0.3) is 0 Å². The van der Waals surface area contributed by atoms with E-state index >= 15 is 0 Å². The lowest BCUT2D eigenvalue weighted by Gasteiger charge is -2.31. The normalized spacial score (nSPS) is 25.9. The smallest absolute Gasteiger partial charge is 0.0474 e. The van der Waals surface area contributed by atoms with E-state index in [1.807, 2.05) is 0 Å². The van der Waals surface area contributed by atoms with Crippen molar-refractivity contribution in [2.24, 2.45) is 5.92 Å². The maximum Gasteiger partial charge on any atom is 0.0474 e. The summed E-state index contributed by atoms with van der Waals surface area (Å²) in [6.07, 6.45) is 4.93. The monoisotopic (exact) mass is 303 g/mol. The molecule has 0 aliphatic heterocycles. The first-order valence-electron chi connectivity index (χ1n) is 5.87. The lowest BCUT2D eigenvalue weighted by molar-refractivity contribution is 0.152. The van der Waals surface area contributed by atoms with Gasteiger partial charge in [-0.3, -0.25) is 0 Å². The van der Waals surface area contributed by atoms with Crippen molar-refractivity contribution in [3.05, 3.63) is 20.8 Å². The molecule has 0 aromatic carbocycles. The Bertz CT molecular complexity index is 329. The van der Waals surface area contributed by atoms with Crippen LogP contribution in [0.4, 0.5) is 0 Å². The Morgan fingerprint density at radius 2 is 2.25 bits per heavy atom. The molecule has 0 saturated heterocycles. The Balaban J connectivity index is 1.86. The fraction of sp³-hybridized carbons (Fsp3) is 0.667. The standard InChI is InChI=1S/C12H18BrNOS/c13-10-5-6-16-12(10)7-14-11-4-2-1-3-9(11)8-15/h5-6,9,11,14-15H,1-4,7-8H2. The highest BCUT2D eigenvalue weighted by molar-refractivity contribution is 9.10. The van der Waals surface area contributed by atoms with Gasteiger partial charge in [-0.05, 0) is 46.1 Å². The number of rotatable bonds is 4. The van der Waals surface area contributed by atoms with Gasteiger partial charge in [0.05, 0.1) is 0 Å². The minimum absolute atomic E-state index is 0.323. The second-order valence-electron chi connectivity index (χ2n) is 4.41. The third-order valence-corrected chi connectivity index (χ3v) is 5.29. The van der Waals surface area contributed by atoms with Crippen molar-refractivity contribution in [1.29, 1.82) is 0 Å². The van der Waals surface area contributed by atoms with E-state index in [1.54, 1.807) is 11.3 Å². The van der Waals surface area contributed by atoms with E-state index < -0.39 is 0 Å². The number of halogens is 1. The van der Waals surface area contributed by atoms with E-state index in [0.717, 1.165) is 6.54 Å². The predicted octanol–water partition coefficient (Wildman–Crippen LogP) is 3.15. The average molecular weight is 304 g/mol. The van der Waals surface area contributed by atoms with E-state index in [2.05, 4.69) is 32.7 Å². The van der Waals surface area contributed by atoms with Gasteiger partial charge in [0.1, 0.15) is 0 Å². The summed E-state index contributed by atoms with van der Waals surface area (Å²) in [4.78, 5) is 1.35. The first-order chi connectivity index (χ1) is 7.81. The van der Waals surface area contributed by atoms with Crippen LogP contribution in [0.5, 0.6) is 0 Å². The van der Waals surface area contributed by atoms with Gasteiger partial charge >= 0.3 is 0 Å². The molecule has 16 heavy (non-hydrogen) atoms. The second-order valence-corrected chi connectivity index (χ2v) is 6.26. The van der Waals surface area contributed by atoms with E-state index in [0.29, 0.717) is 18.6 Å². The zero-order valence-corrected chi connectivity index (χ0v) is 11.7. The van der Waals surface area contributed by atoms with Crippen LogP contribution in [0.1, 0.15) is 30.6 Å². The van der Waals surface area contributed by atoms with Gasteiger partial charge < -0.3 is 10.4 Å². The molecule has 2 unspecified atom stereocenters. The van der Waals surface area contributed by atoms with Gasteiger partial charge in [0, 0.05) is 28.5 Å². The van der Waals surface area contributed by atoms with Gasteiger partial charge in [0.2, 0.25) is 0 Å². The Hall–Kier alpha value is 0.100. The van der Waals surface area contributed by atoms with Crippen LogP contribution in [0.3, 0.4) is 0 Å².